The van der Waals surface area contributed by atoms with Crippen molar-refractivity contribution >= 4 is 27.3 Å². The minimum absolute atomic E-state index is 0.0888. The normalized spacial score (nSPS) is 11.5. The third-order valence-electron chi connectivity index (χ3n) is 2.66. The highest BCUT2D eigenvalue weighted by atomic mass is 35.5. The van der Waals surface area contributed by atoms with E-state index in [1.54, 1.807) is 24.3 Å². The highest BCUT2D eigenvalue weighted by Crippen LogP contribution is 2.16. The van der Waals surface area contributed by atoms with Gasteiger partial charge < -0.3 is 5.73 Å². The standard InChI is InChI=1S/C13H12ClFN2O2S/c14-10-3-1-9(2-4-10)8-17-20(18,19)11-5-6-13(16)12(15)7-11/h1-7,17H,8,16H2. The molecule has 7 heteroatoms. The second kappa shape index (κ2) is 5.78. The molecule has 0 saturated carbocycles. The fourth-order valence-corrected chi connectivity index (χ4v) is 2.69. The van der Waals surface area contributed by atoms with Gasteiger partial charge in [0.1, 0.15) is 5.82 Å². The van der Waals surface area contributed by atoms with Crippen LogP contribution in [0.2, 0.25) is 5.02 Å². The molecule has 4 nitrogen and oxygen atoms in total. The van der Waals surface area contributed by atoms with E-state index in [0.29, 0.717) is 5.02 Å². The van der Waals surface area contributed by atoms with E-state index in [0.717, 1.165) is 11.6 Å². The first kappa shape index (κ1) is 14.8. The molecule has 3 N–H and O–H groups in total. The van der Waals surface area contributed by atoms with Gasteiger partial charge in [0.05, 0.1) is 10.6 Å². The van der Waals surface area contributed by atoms with Gasteiger partial charge in [-0.15, -0.1) is 0 Å². The Bertz CT molecular complexity index is 718. The highest BCUT2D eigenvalue weighted by Gasteiger charge is 2.15. The first-order valence-electron chi connectivity index (χ1n) is 5.67. The number of hydrogen-bond donors (Lipinski definition) is 2. The molecule has 0 atom stereocenters. The number of rotatable bonds is 4. The Labute approximate surface area is 121 Å². The second-order valence-electron chi connectivity index (χ2n) is 4.13. The lowest BCUT2D eigenvalue weighted by molar-refractivity contribution is 0.578. The molecule has 0 aliphatic carbocycles. The molecule has 0 fully saturated rings. The molecule has 106 valence electrons. The van der Waals surface area contributed by atoms with Crippen LogP contribution >= 0.6 is 11.6 Å². The Morgan fingerprint density at radius 1 is 1.15 bits per heavy atom. The molecule has 0 saturated heterocycles. The van der Waals surface area contributed by atoms with Crippen molar-refractivity contribution in [3.05, 3.63) is 58.9 Å². The lowest BCUT2D eigenvalue weighted by Crippen LogP contribution is -2.23. The Hall–Kier alpha value is -1.63. The monoisotopic (exact) mass is 314 g/mol. The number of halogens is 2. The van der Waals surface area contributed by atoms with Crippen molar-refractivity contribution in [2.24, 2.45) is 0 Å². The molecule has 0 radical (unpaired) electrons. The first-order valence-corrected chi connectivity index (χ1v) is 7.54. The van der Waals surface area contributed by atoms with E-state index in [-0.39, 0.29) is 17.1 Å². The number of hydrogen-bond acceptors (Lipinski definition) is 3. The Kier molecular flexibility index (Phi) is 4.27. The quantitative estimate of drug-likeness (QED) is 0.852. The van der Waals surface area contributed by atoms with E-state index in [4.69, 9.17) is 17.3 Å². The Morgan fingerprint density at radius 3 is 2.40 bits per heavy atom. The topological polar surface area (TPSA) is 72.2 Å². The van der Waals surface area contributed by atoms with Crippen LogP contribution in [0.15, 0.2) is 47.4 Å². The van der Waals surface area contributed by atoms with Crippen molar-refractivity contribution in [1.82, 2.24) is 4.72 Å². The summed E-state index contributed by atoms with van der Waals surface area (Å²) >= 11 is 5.74. The third-order valence-corrected chi connectivity index (χ3v) is 4.31. The number of sulfonamides is 1. The minimum Gasteiger partial charge on any atom is -0.396 e. The van der Waals surface area contributed by atoms with Gasteiger partial charge in [-0.3, -0.25) is 0 Å². The zero-order valence-electron chi connectivity index (χ0n) is 10.3. The number of benzene rings is 2. The molecule has 0 heterocycles. The molecule has 0 bridgehead atoms. The van der Waals surface area contributed by atoms with Gasteiger partial charge in [-0.25, -0.2) is 17.5 Å². The zero-order chi connectivity index (χ0) is 14.8. The Balaban J connectivity index is 2.14. The molecule has 0 aromatic heterocycles. The van der Waals surface area contributed by atoms with Crippen LogP contribution in [0.5, 0.6) is 0 Å². The lowest BCUT2D eigenvalue weighted by Gasteiger charge is -2.08. The highest BCUT2D eigenvalue weighted by molar-refractivity contribution is 7.89. The van der Waals surface area contributed by atoms with Crippen LogP contribution in [0.3, 0.4) is 0 Å². The molecule has 20 heavy (non-hydrogen) atoms. The molecular formula is C13H12ClFN2O2S. The van der Waals surface area contributed by atoms with Crippen molar-refractivity contribution in [2.45, 2.75) is 11.4 Å². The maximum Gasteiger partial charge on any atom is 0.240 e. The Morgan fingerprint density at radius 2 is 1.80 bits per heavy atom. The van der Waals surface area contributed by atoms with E-state index in [9.17, 15) is 12.8 Å². The molecule has 0 unspecified atom stereocenters. The fourth-order valence-electron chi connectivity index (χ4n) is 1.54. The fraction of sp³-hybridized carbons (Fsp3) is 0.0769. The number of anilines is 1. The molecular weight excluding hydrogens is 303 g/mol. The van der Waals surface area contributed by atoms with Gasteiger partial charge in [0.15, 0.2) is 0 Å². The molecule has 2 aromatic rings. The van der Waals surface area contributed by atoms with Crippen LogP contribution < -0.4 is 10.5 Å². The third kappa shape index (κ3) is 3.47. The predicted molar refractivity (Wildman–Crippen MR) is 76.3 cm³/mol. The van der Waals surface area contributed by atoms with Crippen molar-refractivity contribution < 1.29 is 12.8 Å². The van der Waals surface area contributed by atoms with E-state index >= 15 is 0 Å². The van der Waals surface area contributed by atoms with E-state index in [1.165, 1.54) is 12.1 Å². The van der Waals surface area contributed by atoms with Crippen molar-refractivity contribution in [1.29, 1.82) is 0 Å². The summed E-state index contributed by atoms with van der Waals surface area (Å²) in [7, 11) is -3.79. The largest absolute Gasteiger partial charge is 0.396 e. The summed E-state index contributed by atoms with van der Waals surface area (Å²) < 4.78 is 39.6. The average molecular weight is 315 g/mol. The van der Waals surface area contributed by atoms with Crippen LogP contribution in [0, 0.1) is 5.82 Å². The van der Waals surface area contributed by atoms with Gasteiger partial charge >= 0.3 is 0 Å². The summed E-state index contributed by atoms with van der Waals surface area (Å²) in [6, 6.07) is 10.1. The molecule has 2 aromatic carbocycles. The van der Waals surface area contributed by atoms with Crippen molar-refractivity contribution in [3.8, 4) is 0 Å². The molecule has 0 amide bonds. The van der Waals surface area contributed by atoms with Crippen molar-refractivity contribution in [3.63, 3.8) is 0 Å². The van der Waals surface area contributed by atoms with Gasteiger partial charge in [0.25, 0.3) is 0 Å². The van der Waals surface area contributed by atoms with Gasteiger partial charge in [0.2, 0.25) is 10.0 Å². The van der Waals surface area contributed by atoms with E-state index in [2.05, 4.69) is 4.72 Å². The van der Waals surface area contributed by atoms with Crippen LogP contribution in [0.4, 0.5) is 10.1 Å². The minimum atomic E-state index is -3.79. The maximum absolute atomic E-state index is 13.3. The lowest BCUT2D eigenvalue weighted by atomic mass is 10.2. The number of nitrogens with one attached hydrogen (secondary N) is 1. The van der Waals surface area contributed by atoms with Gasteiger partial charge in [-0.05, 0) is 35.9 Å². The molecule has 0 aliphatic rings. The summed E-state index contributed by atoms with van der Waals surface area (Å²) in [5.41, 5.74) is 5.96. The average Bonchev–Trinajstić information content (AvgIpc) is 2.41. The summed E-state index contributed by atoms with van der Waals surface area (Å²) in [5, 5.41) is 0.567. The first-order chi connectivity index (χ1) is 9.38. The van der Waals surface area contributed by atoms with Crippen molar-refractivity contribution in [2.75, 3.05) is 5.73 Å². The van der Waals surface area contributed by atoms with Crippen LogP contribution in [0.1, 0.15) is 5.56 Å². The van der Waals surface area contributed by atoms with Crippen LogP contribution in [0.25, 0.3) is 0 Å². The SMILES string of the molecule is Nc1ccc(S(=O)(=O)NCc2ccc(Cl)cc2)cc1F. The van der Waals surface area contributed by atoms with Gasteiger partial charge in [-0.2, -0.15) is 0 Å². The summed E-state index contributed by atoms with van der Waals surface area (Å²) in [4.78, 5) is -0.168. The molecule has 2 rings (SSSR count). The predicted octanol–water partition coefficient (Wildman–Crippen LogP) is 2.54. The summed E-state index contributed by atoms with van der Waals surface area (Å²) in [6.07, 6.45) is 0. The number of nitrogen functional groups attached to an aromatic ring is 1. The maximum atomic E-state index is 13.3. The van der Waals surface area contributed by atoms with Crippen LogP contribution in [-0.4, -0.2) is 8.42 Å². The smallest absolute Gasteiger partial charge is 0.240 e. The van der Waals surface area contributed by atoms with Gasteiger partial charge in [-0.1, -0.05) is 23.7 Å². The number of nitrogens with two attached hydrogens (primary N) is 1. The second-order valence-corrected chi connectivity index (χ2v) is 6.34. The van der Waals surface area contributed by atoms with Crippen LogP contribution in [-0.2, 0) is 16.6 Å². The van der Waals surface area contributed by atoms with E-state index < -0.39 is 15.8 Å². The summed E-state index contributed by atoms with van der Waals surface area (Å²) in [5.74, 6) is -0.764. The summed E-state index contributed by atoms with van der Waals surface area (Å²) in [6.45, 7) is 0.0888. The molecule has 0 spiro atoms. The zero-order valence-corrected chi connectivity index (χ0v) is 11.9. The molecule has 0 aliphatic heterocycles. The van der Waals surface area contributed by atoms with Gasteiger partial charge in [0, 0.05) is 11.6 Å². The van der Waals surface area contributed by atoms with E-state index in [1.807, 2.05) is 0 Å².